The molecule has 25 heavy (non-hydrogen) atoms. The first-order valence-electron chi connectivity index (χ1n) is 7.90. The van der Waals surface area contributed by atoms with E-state index in [4.69, 9.17) is 11.6 Å². The smallest absolute Gasteiger partial charge is 0.257 e. The standard InChI is InChI=1S/C18H15ClFN5/c1-3-24(14-7-11(2)6-13(20)9-14)17-15-5-4-12(19)8-16(15)25-10-21-23-18(25)22-17/h4-10H,3H2,1-2H3. The average Bonchev–Trinajstić information content (AvgIpc) is 3.03. The molecule has 4 rings (SSSR count). The van der Waals surface area contributed by atoms with Crippen LogP contribution in [0.4, 0.5) is 15.9 Å². The molecule has 126 valence electrons. The first-order valence-corrected chi connectivity index (χ1v) is 8.28. The van der Waals surface area contributed by atoms with Crippen LogP contribution in [0.25, 0.3) is 16.7 Å². The lowest BCUT2D eigenvalue weighted by molar-refractivity contribution is 0.626. The molecule has 0 unspecified atom stereocenters. The quantitative estimate of drug-likeness (QED) is 0.541. The molecule has 0 spiro atoms. The van der Waals surface area contributed by atoms with Crippen LogP contribution in [-0.2, 0) is 0 Å². The average molecular weight is 356 g/mol. The summed E-state index contributed by atoms with van der Waals surface area (Å²) in [5.41, 5.74) is 2.45. The number of fused-ring (bicyclic) bond motifs is 3. The van der Waals surface area contributed by atoms with Gasteiger partial charge in [-0.05, 0) is 55.8 Å². The molecular weight excluding hydrogens is 341 g/mol. The van der Waals surface area contributed by atoms with E-state index in [-0.39, 0.29) is 5.82 Å². The minimum atomic E-state index is -0.274. The van der Waals surface area contributed by atoms with Crippen molar-refractivity contribution < 1.29 is 4.39 Å². The maximum Gasteiger partial charge on any atom is 0.257 e. The second-order valence-corrected chi connectivity index (χ2v) is 6.27. The Hall–Kier alpha value is -2.73. The topological polar surface area (TPSA) is 46.3 Å². The summed E-state index contributed by atoms with van der Waals surface area (Å²) in [6.45, 7) is 4.49. The van der Waals surface area contributed by atoms with Crippen molar-refractivity contribution in [2.75, 3.05) is 11.4 Å². The molecule has 0 bridgehead atoms. The third-order valence-corrected chi connectivity index (χ3v) is 4.34. The predicted molar refractivity (Wildman–Crippen MR) is 97.1 cm³/mol. The molecule has 0 atom stereocenters. The molecule has 2 aromatic carbocycles. The van der Waals surface area contributed by atoms with Gasteiger partial charge >= 0.3 is 0 Å². The van der Waals surface area contributed by atoms with E-state index in [9.17, 15) is 4.39 Å². The largest absolute Gasteiger partial charge is 0.326 e. The molecular formula is C18H15ClFN5. The highest BCUT2D eigenvalue weighted by atomic mass is 35.5. The summed E-state index contributed by atoms with van der Waals surface area (Å²) in [5.74, 6) is 0.889. The molecule has 0 N–H and O–H groups in total. The van der Waals surface area contributed by atoms with Crippen LogP contribution in [0.15, 0.2) is 42.7 Å². The van der Waals surface area contributed by atoms with E-state index >= 15 is 0 Å². The Morgan fingerprint density at radius 2 is 2.04 bits per heavy atom. The SMILES string of the molecule is CCN(c1cc(C)cc(F)c1)c1nc2nncn2c2cc(Cl)ccc12. The van der Waals surface area contributed by atoms with Crippen LogP contribution in [0.1, 0.15) is 12.5 Å². The summed E-state index contributed by atoms with van der Waals surface area (Å²) < 4.78 is 15.7. The van der Waals surface area contributed by atoms with Crippen LogP contribution in [0.5, 0.6) is 0 Å². The van der Waals surface area contributed by atoms with Crippen LogP contribution < -0.4 is 4.90 Å². The van der Waals surface area contributed by atoms with E-state index in [1.807, 2.05) is 43.0 Å². The molecule has 0 fully saturated rings. The lowest BCUT2D eigenvalue weighted by Crippen LogP contribution is -2.19. The van der Waals surface area contributed by atoms with Crippen LogP contribution in [0, 0.1) is 12.7 Å². The van der Waals surface area contributed by atoms with Crippen molar-refractivity contribution in [1.29, 1.82) is 0 Å². The number of hydrogen-bond acceptors (Lipinski definition) is 4. The fraction of sp³-hybridized carbons (Fsp3) is 0.167. The molecule has 4 aromatic rings. The maximum absolute atomic E-state index is 13.9. The van der Waals surface area contributed by atoms with Gasteiger partial charge in [-0.2, -0.15) is 4.98 Å². The lowest BCUT2D eigenvalue weighted by Gasteiger charge is -2.24. The molecule has 0 aliphatic rings. The Labute approximate surface area is 148 Å². The molecule has 0 aliphatic carbocycles. The molecule has 5 nitrogen and oxygen atoms in total. The Bertz CT molecular complexity index is 1070. The van der Waals surface area contributed by atoms with Gasteiger partial charge in [0, 0.05) is 22.6 Å². The van der Waals surface area contributed by atoms with Gasteiger partial charge in [0.1, 0.15) is 18.0 Å². The summed E-state index contributed by atoms with van der Waals surface area (Å²) in [5, 5.41) is 9.50. The zero-order chi connectivity index (χ0) is 17.6. The van der Waals surface area contributed by atoms with Gasteiger partial charge in [-0.25, -0.2) is 4.39 Å². The van der Waals surface area contributed by atoms with E-state index < -0.39 is 0 Å². The van der Waals surface area contributed by atoms with Crippen LogP contribution in [0.2, 0.25) is 5.02 Å². The first kappa shape index (κ1) is 15.8. The van der Waals surface area contributed by atoms with E-state index in [2.05, 4.69) is 15.2 Å². The monoisotopic (exact) mass is 355 g/mol. The number of nitrogens with zero attached hydrogens (tertiary/aromatic N) is 5. The summed E-state index contributed by atoms with van der Waals surface area (Å²) >= 11 is 6.17. The fourth-order valence-electron chi connectivity index (χ4n) is 3.06. The summed E-state index contributed by atoms with van der Waals surface area (Å²) in [7, 11) is 0. The summed E-state index contributed by atoms with van der Waals surface area (Å²) in [4.78, 5) is 6.61. The highest BCUT2D eigenvalue weighted by Gasteiger charge is 2.17. The van der Waals surface area contributed by atoms with Crippen molar-refractivity contribution in [1.82, 2.24) is 19.6 Å². The Balaban J connectivity index is 2.02. The zero-order valence-electron chi connectivity index (χ0n) is 13.7. The molecule has 0 aliphatic heterocycles. The Kier molecular flexibility index (Phi) is 3.77. The number of halogens is 2. The van der Waals surface area contributed by atoms with Crippen molar-refractivity contribution in [2.24, 2.45) is 0 Å². The van der Waals surface area contributed by atoms with Crippen molar-refractivity contribution in [3.8, 4) is 0 Å². The predicted octanol–water partition coefficient (Wildman–Crippen LogP) is 4.54. The third kappa shape index (κ3) is 2.68. The molecule has 0 saturated heterocycles. The van der Waals surface area contributed by atoms with Gasteiger partial charge in [0.25, 0.3) is 5.78 Å². The normalized spacial score (nSPS) is 11.4. The number of rotatable bonds is 3. The maximum atomic E-state index is 13.9. The highest BCUT2D eigenvalue weighted by Crippen LogP contribution is 2.33. The van der Waals surface area contributed by atoms with Gasteiger partial charge in [-0.15, -0.1) is 10.2 Å². The number of anilines is 2. The van der Waals surface area contributed by atoms with E-state index in [1.165, 1.54) is 12.1 Å². The highest BCUT2D eigenvalue weighted by molar-refractivity contribution is 6.31. The van der Waals surface area contributed by atoms with Crippen LogP contribution in [0.3, 0.4) is 0 Å². The molecule has 2 heterocycles. The number of aromatic nitrogens is 4. The van der Waals surface area contributed by atoms with Crippen molar-refractivity contribution in [2.45, 2.75) is 13.8 Å². The molecule has 7 heteroatoms. The first-order chi connectivity index (χ1) is 12.1. The van der Waals surface area contributed by atoms with Gasteiger partial charge in [-0.3, -0.25) is 4.40 Å². The number of aryl methyl sites for hydroxylation is 1. The van der Waals surface area contributed by atoms with Crippen molar-refractivity contribution in [3.05, 3.63) is 59.1 Å². The number of hydrogen-bond donors (Lipinski definition) is 0. The van der Waals surface area contributed by atoms with Crippen LogP contribution >= 0.6 is 11.6 Å². The minimum Gasteiger partial charge on any atom is -0.326 e. The third-order valence-electron chi connectivity index (χ3n) is 4.11. The van der Waals surface area contributed by atoms with Gasteiger partial charge in [0.15, 0.2) is 0 Å². The van der Waals surface area contributed by atoms with Crippen molar-refractivity contribution in [3.63, 3.8) is 0 Å². The Morgan fingerprint density at radius 1 is 1.20 bits per heavy atom. The van der Waals surface area contributed by atoms with Gasteiger partial charge in [0.2, 0.25) is 0 Å². The molecule has 2 aromatic heterocycles. The molecule has 0 saturated carbocycles. The number of benzene rings is 2. The van der Waals surface area contributed by atoms with E-state index in [1.54, 1.807) is 10.7 Å². The van der Waals surface area contributed by atoms with Gasteiger partial charge in [-0.1, -0.05) is 11.6 Å². The van der Waals surface area contributed by atoms with Gasteiger partial charge in [0.05, 0.1) is 5.52 Å². The van der Waals surface area contributed by atoms with Crippen molar-refractivity contribution >= 4 is 39.8 Å². The second kappa shape index (κ2) is 5.97. The molecule has 0 amide bonds. The van der Waals surface area contributed by atoms with E-state index in [0.717, 1.165) is 22.2 Å². The van der Waals surface area contributed by atoms with Gasteiger partial charge < -0.3 is 4.90 Å². The Morgan fingerprint density at radius 3 is 2.80 bits per heavy atom. The zero-order valence-corrected chi connectivity index (χ0v) is 14.5. The minimum absolute atomic E-state index is 0.274. The fourth-order valence-corrected chi connectivity index (χ4v) is 3.22. The summed E-state index contributed by atoms with van der Waals surface area (Å²) in [6.07, 6.45) is 1.60. The van der Waals surface area contributed by atoms with E-state index in [0.29, 0.717) is 23.2 Å². The molecule has 0 radical (unpaired) electrons. The summed E-state index contributed by atoms with van der Waals surface area (Å²) in [6, 6.07) is 10.5. The second-order valence-electron chi connectivity index (χ2n) is 5.83. The van der Waals surface area contributed by atoms with Crippen LogP contribution in [-0.4, -0.2) is 26.1 Å². The lowest BCUT2D eigenvalue weighted by atomic mass is 10.1.